The van der Waals surface area contributed by atoms with Gasteiger partial charge in [0.05, 0.1) is 0 Å². The number of unbranched alkanes of at least 4 members (excludes halogenated alkanes) is 3. The predicted octanol–water partition coefficient (Wildman–Crippen LogP) is 1.89. The lowest BCUT2D eigenvalue weighted by atomic mass is 10.0. The van der Waals surface area contributed by atoms with E-state index in [1.807, 2.05) is 12.1 Å². The third-order valence-electron chi connectivity index (χ3n) is 5.21. The van der Waals surface area contributed by atoms with Gasteiger partial charge >= 0.3 is 5.97 Å². The van der Waals surface area contributed by atoms with Crippen molar-refractivity contribution in [1.82, 2.24) is 10.2 Å². The summed E-state index contributed by atoms with van der Waals surface area (Å²) >= 11 is 0. The number of carbonyl (C=O) groups is 4. The van der Waals surface area contributed by atoms with Crippen molar-refractivity contribution in [3.05, 3.63) is 29.3 Å². The molecule has 1 fully saturated rings. The maximum absolute atomic E-state index is 12.8. The average molecular weight is 387 g/mol. The van der Waals surface area contributed by atoms with Gasteiger partial charge < -0.3 is 15.3 Å². The third-order valence-corrected chi connectivity index (χ3v) is 5.21. The first-order valence-corrected chi connectivity index (χ1v) is 9.69. The number of aliphatic carboxylic acids is 1. The van der Waals surface area contributed by atoms with Gasteiger partial charge in [-0.25, -0.2) is 0 Å². The van der Waals surface area contributed by atoms with Crippen LogP contribution in [0.2, 0.25) is 0 Å². The summed E-state index contributed by atoms with van der Waals surface area (Å²) in [5.74, 6) is -1.64. The average Bonchev–Trinajstić information content (AvgIpc) is 2.98. The van der Waals surface area contributed by atoms with Crippen molar-refractivity contribution in [2.24, 2.45) is 0 Å². The first-order valence-electron chi connectivity index (χ1n) is 9.69. The highest BCUT2D eigenvalue weighted by atomic mass is 16.4. The molecule has 150 valence electrons. The smallest absolute Gasteiger partial charge is 0.303 e. The summed E-state index contributed by atoms with van der Waals surface area (Å²) in [4.78, 5) is 48.3. The number of imide groups is 1. The topological polar surface area (TPSA) is 116 Å². The number of carboxylic acid groups (broad SMARTS) is 1. The molecular weight excluding hydrogens is 362 g/mol. The van der Waals surface area contributed by atoms with Gasteiger partial charge in [-0.15, -0.1) is 0 Å². The molecule has 3 rings (SSSR count). The van der Waals surface area contributed by atoms with Crippen molar-refractivity contribution in [3.8, 4) is 0 Å². The summed E-state index contributed by atoms with van der Waals surface area (Å²) in [5, 5.41) is 14.3. The van der Waals surface area contributed by atoms with Crippen LogP contribution in [-0.2, 0) is 20.9 Å². The first kappa shape index (κ1) is 19.9. The second kappa shape index (κ2) is 8.86. The number of carboxylic acids is 1. The van der Waals surface area contributed by atoms with Gasteiger partial charge in [-0.3, -0.25) is 24.5 Å². The molecule has 8 heteroatoms. The van der Waals surface area contributed by atoms with Crippen molar-refractivity contribution >= 4 is 29.4 Å². The van der Waals surface area contributed by atoms with E-state index in [-0.39, 0.29) is 24.7 Å². The number of benzene rings is 1. The van der Waals surface area contributed by atoms with Crippen LogP contribution in [0, 0.1) is 0 Å². The van der Waals surface area contributed by atoms with Crippen LogP contribution in [0.5, 0.6) is 0 Å². The van der Waals surface area contributed by atoms with Gasteiger partial charge in [-0.2, -0.15) is 0 Å². The summed E-state index contributed by atoms with van der Waals surface area (Å²) in [5.41, 5.74) is 2.35. The molecule has 3 N–H and O–H groups in total. The Bertz CT molecular complexity index is 792. The lowest BCUT2D eigenvalue weighted by molar-refractivity contribution is -0.138. The normalized spacial score (nSPS) is 18.8. The monoisotopic (exact) mass is 387 g/mol. The maximum Gasteiger partial charge on any atom is 0.303 e. The fourth-order valence-electron chi connectivity index (χ4n) is 3.73. The molecule has 28 heavy (non-hydrogen) atoms. The van der Waals surface area contributed by atoms with Crippen molar-refractivity contribution in [3.63, 3.8) is 0 Å². The number of piperidine rings is 1. The van der Waals surface area contributed by atoms with Crippen LogP contribution in [0.3, 0.4) is 0 Å². The molecule has 0 aromatic heterocycles. The molecule has 1 aromatic rings. The van der Waals surface area contributed by atoms with E-state index < -0.39 is 17.9 Å². The summed E-state index contributed by atoms with van der Waals surface area (Å²) in [6.45, 7) is 1.08. The van der Waals surface area contributed by atoms with Crippen LogP contribution < -0.4 is 10.6 Å². The highest BCUT2D eigenvalue weighted by Crippen LogP contribution is 2.32. The quantitative estimate of drug-likeness (QED) is 0.440. The van der Waals surface area contributed by atoms with Gasteiger partial charge in [0.2, 0.25) is 11.8 Å². The van der Waals surface area contributed by atoms with E-state index in [2.05, 4.69) is 10.6 Å². The summed E-state index contributed by atoms with van der Waals surface area (Å²) in [6.07, 6.45) is 4.21. The molecule has 3 amide bonds. The van der Waals surface area contributed by atoms with E-state index in [4.69, 9.17) is 5.11 Å². The second-order valence-electron chi connectivity index (χ2n) is 7.22. The molecule has 1 unspecified atom stereocenters. The van der Waals surface area contributed by atoms with Crippen molar-refractivity contribution < 1.29 is 24.3 Å². The predicted molar refractivity (Wildman–Crippen MR) is 102 cm³/mol. The van der Waals surface area contributed by atoms with E-state index in [1.54, 1.807) is 11.0 Å². The van der Waals surface area contributed by atoms with E-state index >= 15 is 0 Å². The van der Waals surface area contributed by atoms with Gasteiger partial charge in [0.1, 0.15) is 6.04 Å². The minimum absolute atomic E-state index is 0.179. The Labute approximate surface area is 163 Å². The lowest BCUT2D eigenvalue weighted by Crippen LogP contribution is -2.52. The highest BCUT2D eigenvalue weighted by molar-refractivity contribution is 6.06. The number of carbonyl (C=O) groups excluding carboxylic acids is 3. The molecule has 0 aliphatic carbocycles. The van der Waals surface area contributed by atoms with E-state index in [1.165, 1.54) is 0 Å². The first-order chi connectivity index (χ1) is 13.5. The minimum Gasteiger partial charge on any atom is -0.481 e. The molecule has 0 spiro atoms. The number of rotatable bonds is 9. The fourth-order valence-corrected chi connectivity index (χ4v) is 3.73. The molecule has 2 aliphatic heterocycles. The van der Waals surface area contributed by atoms with Crippen LogP contribution in [0.4, 0.5) is 5.69 Å². The number of hydrogen-bond acceptors (Lipinski definition) is 5. The number of nitrogens with one attached hydrogen (secondary N) is 2. The van der Waals surface area contributed by atoms with Crippen LogP contribution in [0.1, 0.15) is 60.9 Å². The molecule has 1 atom stereocenters. The number of anilines is 1. The molecule has 1 saturated heterocycles. The zero-order valence-electron chi connectivity index (χ0n) is 15.7. The minimum atomic E-state index is -0.761. The van der Waals surface area contributed by atoms with Gasteiger partial charge in [0.25, 0.3) is 5.91 Å². The fraction of sp³-hybridized carbons (Fsp3) is 0.500. The number of hydrogen-bond donors (Lipinski definition) is 3. The SMILES string of the molecule is O=C(O)CCCCCCNc1cccc2c1CN(C1CCC(=O)NC1=O)C2=O. The Kier molecular flexibility index (Phi) is 6.28. The van der Waals surface area contributed by atoms with E-state index in [0.717, 1.165) is 37.1 Å². The summed E-state index contributed by atoms with van der Waals surface area (Å²) in [7, 11) is 0. The third kappa shape index (κ3) is 4.49. The van der Waals surface area contributed by atoms with Gasteiger partial charge in [0, 0.05) is 42.7 Å². The Morgan fingerprint density at radius 3 is 2.71 bits per heavy atom. The zero-order valence-corrected chi connectivity index (χ0v) is 15.7. The van der Waals surface area contributed by atoms with Crippen LogP contribution in [0.25, 0.3) is 0 Å². The van der Waals surface area contributed by atoms with Crippen molar-refractivity contribution in [2.45, 2.75) is 57.5 Å². The molecule has 8 nitrogen and oxygen atoms in total. The number of fused-ring (bicyclic) bond motifs is 1. The lowest BCUT2D eigenvalue weighted by Gasteiger charge is -2.29. The Morgan fingerprint density at radius 2 is 1.96 bits per heavy atom. The molecule has 0 saturated carbocycles. The largest absolute Gasteiger partial charge is 0.481 e. The summed E-state index contributed by atoms with van der Waals surface area (Å²) < 4.78 is 0. The van der Waals surface area contributed by atoms with Crippen LogP contribution >= 0.6 is 0 Å². The molecular formula is C20H25N3O5. The number of nitrogens with zero attached hydrogens (tertiary/aromatic N) is 1. The number of amides is 3. The zero-order chi connectivity index (χ0) is 20.1. The second-order valence-corrected chi connectivity index (χ2v) is 7.22. The Balaban J connectivity index is 1.56. The van der Waals surface area contributed by atoms with Crippen LogP contribution in [0.15, 0.2) is 18.2 Å². The molecule has 1 aromatic carbocycles. The molecule has 2 aliphatic rings. The highest BCUT2D eigenvalue weighted by Gasteiger charge is 2.39. The van der Waals surface area contributed by atoms with Crippen LogP contribution in [-0.4, -0.2) is 46.3 Å². The molecule has 0 radical (unpaired) electrons. The van der Waals surface area contributed by atoms with E-state index in [0.29, 0.717) is 24.9 Å². The van der Waals surface area contributed by atoms with Crippen molar-refractivity contribution in [2.75, 3.05) is 11.9 Å². The van der Waals surface area contributed by atoms with E-state index in [9.17, 15) is 19.2 Å². The summed E-state index contributed by atoms with van der Waals surface area (Å²) in [6, 6.07) is 4.89. The van der Waals surface area contributed by atoms with Gasteiger partial charge in [-0.1, -0.05) is 18.9 Å². The maximum atomic E-state index is 12.8. The molecule has 0 bridgehead atoms. The van der Waals surface area contributed by atoms with Gasteiger partial charge in [0.15, 0.2) is 0 Å². The van der Waals surface area contributed by atoms with Gasteiger partial charge in [-0.05, 0) is 31.4 Å². The molecule has 2 heterocycles. The standard InChI is InChI=1S/C20H25N3O5/c24-17-10-9-16(19(27)22-17)23-12-14-13(20(23)28)6-5-7-15(14)21-11-4-2-1-3-8-18(25)26/h5-7,16,21H,1-4,8-12H2,(H,25,26)(H,22,24,27). The Morgan fingerprint density at radius 1 is 1.18 bits per heavy atom. The Hall–Kier alpha value is -2.90. The van der Waals surface area contributed by atoms with Crippen molar-refractivity contribution in [1.29, 1.82) is 0 Å².